The van der Waals surface area contributed by atoms with Crippen LogP contribution in [0.5, 0.6) is 0 Å². The number of hydrogen-bond acceptors (Lipinski definition) is 2. The first-order valence-corrected chi connectivity index (χ1v) is 3.13. The highest BCUT2D eigenvalue weighted by atomic mass is 16.4. The summed E-state index contributed by atoms with van der Waals surface area (Å²) in [6, 6.07) is 0. The van der Waals surface area contributed by atoms with Gasteiger partial charge >= 0.3 is 5.97 Å². The largest absolute Gasteiger partial charge is 0.478 e. The zero-order chi connectivity index (χ0) is 8.36. The Morgan fingerprint density at radius 2 is 2.20 bits per heavy atom. The molecule has 0 aliphatic rings. The SMILES string of the molecule is C=C(C(=O)O)C(C)(N)CC. The Labute approximate surface area is 60.5 Å². The quantitative estimate of drug-likeness (QED) is 0.573. The topological polar surface area (TPSA) is 63.3 Å². The average molecular weight is 143 g/mol. The summed E-state index contributed by atoms with van der Waals surface area (Å²) in [5, 5.41) is 8.47. The van der Waals surface area contributed by atoms with Gasteiger partial charge < -0.3 is 10.8 Å². The van der Waals surface area contributed by atoms with Gasteiger partial charge in [-0.15, -0.1) is 0 Å². The van der Waals surface area contributed by atoms with E-state index in [-0.39, 0.29) is 5.57 Å². The van der Waals surface area contributed by atoms with Crippen molar-refractivity contribution in [1.82, 2.24) is 0 Å². The van der Waals surface area contributed by atoms with Crippen molar-refractivity contribution in [2.24, 2.45) is 5.73 Å². The molecule has 3 N–H and O–H groups in total. The first-order chi connectivity index (χ1) is 4.41. The van der Waals surface area contributed by atoms with Crippen molar-refractivity contribution < 1.29 is 9.90 Å². The van der Waals surface area contributed by atoms with Crippen LogP contribution in [0.15, 0.2) is 12.2 Å². The summed E-state index contributed by atoms with van der Waals surface area (Å²) in [4.78, 5) is 10.3. The van der Waals surface area contributed by atoms with E-state index < -0.39 is 11.5 Å². The minimum atomic E-state index is -1.02. The second kappa shape index (κ2) is 2.84. The van der Waals surface area contributed by atoms with Gasteiger partial charge in [0.1, 0.15) is 0 Å². The third kappa shape index (κ3) is 1.84. The van der Waals surface area contributed by atoms with E-state index in [2.05, 4.69) is 6.58 Å². The Morgan fingerprint density at radius 1 is 1.80 bits per heavy atom. The summed E-state index contributed by atoms with van der Waals surface area (Å²) in [5.74, 6) is -1.02. The highest BCUT2D eigenvalue weighted by molar-refractivity contribution is 5.88. The number of rotatable bonds is 3. The fourth-order valence-electron chi connectivity index (χ4n) is 0.458. The molecule has 3 nitrogen and oxygen atoms in total. The number of nitrogens with two attached hydrogens (primary N) is 1. The van der Waals surface area contributed by atoms with Crippen LogP contribution in [0.2, 0.25) is 0 Å². The van der Waals surface area contributed by atoms with Crippen molar-refractivity contribution in [1.29, 1.82) is 0 Å². The molecular weight excluding hydrogens is 130 g/mol. The molecule has 3 heteroatoms. The molecule has 0 aliphatic carbocycles. The van der Waals surface area contributed by atoms with Gasteiger partial charge in [-0.3, -0.25) is 0 Å². The number of carbonyl (C=O) groups is 1. The molecule has 0 rings (SSSR count). The van der Waals surface area contributed by atoms with Crippen molar-refractivity contribution in [3.05, 3.63) is 12.2 Å². The third-order valence-corrected chi connectivity index (χ3v) is 1.68. The van der Waals surface area contributed by atoms with Crippen molar-refractivity contribution in [2.75, 3.05) is 0 Å². The van der Waals surface area contributed by atoms with E-state index in [1.54, 1.807) is 6.92 Å². The van der Waals surface area contributed by atoms with Gasteiger partial charge in [-0.1, -0.05) is 13.5 Å². The lowest BCUT2D eigenvalue weighted by Gasteiger charge is -2.21. The Kier molecular flexibility index (Phi) is 2.60. The number of hydrogen-bond donors (Lipinski definition) is 2. The van der Waals surface area contributed by atoms with Crippen LogP contribution in [0.4, 0.5) is 0 Å². The zero-order valence-corrected chi connectivity index (χ0v) is 6.35. The summed E-state index contributed by atoms with van der Waals surface area (Å²) in [6.45, 7) is 6.86. The molecular formula is C7H13NO2. The minimum Gasteiger partial charge on any atom is -0.478 e. The predicted molar refractivity (Wildman–Crippen MR) is 39.7 cm³/mol. The van der Waals surface area contributed by atoms with E-state index in [4.69, 9.17) is 10.8 Å². The summed E-state index contributed by atoms with van der Waals surface area (Å²) < 4.78 is 0. The first-order valence-electron chi connectivity index (χ1n) is 3.13. The molecule has 0 radical (unpaired) electrons. The Morgan fingerprint density at radius 3 is 2.30 bits per heavy atom. The maximum atomic E-state index is 10.3. The molecule has 0 saturated carbocycles. The Bertz CT molecular complexity index is 161. The van der Waals surface area contributed by atoms with E-state index in [0.29, 0.717) is 6.42 Å². The smallest absolute Gasteiger partial charge is 0.332 e. The molecule has 0 amide bonds. The highest BCUT2D eigenvalue weighted by Crippen LogP contribution is 2.14. The van der Waals surface area contributed by atoms with E-state index in [1.807, 2.05) is 6.92 Å². The van der Waals surface area contributed by atoms with E-state index in [1.165, 1.54) is 0 Å². The Balaban J connectivity index is 4.33. The summed E-state index contributed by atoms with van der Waals surface area (Å²) >= 11 is 0. The fraction of sp³-hybridized carbons (Fsp3) is 0.571. The second-order valence-electron chi connectivity index (χ2n) is 2.55. The average Bonchev–Trinajstić information content (AvgIpc) is 1.86. The normalized spacial score (nSPS) is 15.9. The molecule has 1 atom stereocenters. The molecule has 58 valence electrons. The maximum Gasteiger partial charge on any atom is 0.332 e. The van der Waals surface area contributed by atoms with Crippen LogP contribution in [0, 0.1) is 0 Å². The molecule has 0 aliphatic heterocycles. The predicted octanol–water partition coefficient (Wildman–Crippen LogP) is 0.755. The van der Waals surface area contributed by atoms with E-state index in [9.17, 15) is 4.79 Å². The monoisotopic (exact) mass is 143 g/mol. The maximum absolute atomic E-state index is 10.3. The number of aliphatic carboxylic acids is 1. The summed E-state index contributed by atoms with van der Waals surface area (Å²) in [7, 11) is 0. The van der Waals surface area contributed by atoms with Crippen LogP contribution >= 0.6 is 0 Å². The van der Waals surface area contributed by atoms with Gasteiger partial charge in [-0.2, -0.15) is 0 Å². The van der Waals surface area contributed by atoms with Crippen molar-refractivity contribution >= 4 is 5.97 Å². The van der Waals surface area contributed by atoms with Crippen molar-refractivity contribution in [3.63, 3.8) is 0 Å². The van der Waals surface area contributed by atoms with Gasteiger partial charge in [0, 0.05) is 11.1 Å². The summed E-state index contributed by atoms with van der Waals surface area (Å²) in [5.41, 5.74) is 4.87. The van der Waals surface area contributed by atoms with Crippen molar-refractivity contribution in [3.8, 4) is 0 Å². The lowest BCUT2D eigenvalue weighted by Crippen LogP contribution is -2.39. The van der Waals surface area contributed by atoms with Crippen LogP contribution in [0.3, 0.4) is 0 Å². The molecule has 0 aromatic heterocycles. The van der Waals surface area contributed by atoms with Crippen LogP contribution in [0.25, 0.3) is 0 Å². The number of carboxylic acid groups (broad SMARTS) is 1. The second-order valence-corrected chi connectivity index (χ2v) is 2.55. The van der Waals surface area contributed by atoms with Gasteiger partial charge in [-0.25, -0.2) is 4.79 Å². The third-order valence-electron chi connectivity index (χ3n) is 1.68. The molecule has 0 bridgehead atoms. The van der Waals surface area contributed by atoms with Gasteiger partial charge in [0.2, 0.25) is 0 Å². The molecule has 0 spiro atoms. The fourth-order valence-corrected chi connectivity index (χ4v) is 0.458. The van der Waals surface area contributed by atoms with E-state index >= 15 is 0 Å². The van der Waals surface area contributed by atoms with Gasteiger partial charge in [-0.05, 0) is 13.3 Å². The molecule has 0 aromatic rings. The van der Waals surface area contributed by atoms with E-state index in [0.717, 1.165) is 0 Å². The zero-order valence-electron chi connectivity index (χ0n) is 6.35. The van der Waals surface area contributed by atoms with Crippen LogP contribution in [0.1, 0.15) is 20.3 Å². The first kappa shape index (κ1) is 9.17. The molecule has 0 saturated heterocycles. The van der Waals surface area contributed by atoms with Gasteiger partial charge in [0.25, 0.3) is 0 Å². The molecule has 0 heterocycles. The van der Waals surface area contributed by atoms with Crippen LogP contribution in [-0.2, 0) is 4.79 Å². The molecule has 0 aromatic carbocycles. The lowest BCUT2D eigenvalue weighted by atomic mass is 9.92. The molecule has 10 heavy (non-hydrogen) atoms. The lowest BCUT2D eigenvalue weighted by molar-refractivity contribution is -0.133. The molecule has 0 fully saturated rings. The Hall–Kier alpha value is -0.830. The minimum absolute atomic E-state index is 0.0648. The van der Waals surface area contributed by atoms with Gasteiger partial charge in [0.05, 0.1) is 0 Å². The number of carboxylic acids is 1. The van der Waals surface area contributed by atoms with Crippen molar-refractivity contribution in [2.45, 2.75) is 25.8 Å². The van der Waals surface area contributed by atoms with Crippen LogP contribution < -0.4 is 5.73 Å². The highest BCUT2D eigenvalue weighted by Gasteiger charge is 2.24. The molecule has 1 unspecified atom stereocenters. The van der Waals surface area contributed by atoms with Crippen LogP contribution in [-0.4, -0.2) is 16.6 Å². The standard InChI is InChI=1S/C7H13NO2/c1-4-7(3,8)5(2)6(9)10/h2,4,8H2,1,3H3,(H,9,10). The summed E-state index contributed by atoms with van der Waals surface area (Å²) in [6.07, 6.45) is 0.581. The van der Waals surface area contributed by atoms with Gasteiger partial charge in [0.15, 0.2) is 0 Å².